The molecular weight excluding hydrogens is 316 g/mol. The first-order chi connectivity index (χ1) is 11.5. The van der Waals surface area contributed by atoms with Crippen LogP contribution in [0.4, 0.5) is 0 Å². The van der Waals surface area contributed by atoms with Crippen molar-refractivity contribution >= 4 is 11.8 Å². The minimum absolute atomic E-state index is 0.146. The Balaban J connectivity index is 2.30. The summed E-state index contributed by atoms with van der Waals surface area (Å²) in [5.41, 5.74) is 1.77. The molecule has 1 atom stereocenters. The van der Waals surface area contributed by atoms with E-state index in [1.807, 2.05) is 6.92 Å². The van der Waals surface area contributed by atoms with Gasteiger partial charge in [0.2, 0.25) is 5.76 Å². The molecule has 0 radical (unpaired) electrons. The number of aromatic nitrogens is 2. The average Bonchev–Trinajstić information content (AvgIpc) is 3.18. The second-order valence-corrected chi connectivity index (χ2v) is 5.41. The third kappa shape index (κ3) is 3.88. The lowest BCUT2D eigenvalue weighted by Gasteiger charge is -2.13. The highest BCUT2D eigenvalue weighted by atomic mass is 16.5. The molecule has 24 heavy (non-hydrogen) atoms. The van der Waals surface area contributed by atoms with Gasteiger partial charge in [-0.3, -0.25) is 9.59 Å². The third-order valence-electron chi connectivity index (χ3n) is 3.75. The summed E-state index contributed by atoms with van der Waals surface area (Å²) >= 11 is 0. The first-order valence-corrected chi connectivity index (χ1v) is 7.47. The van der Waals surface area contributed by atoms with E-state index >= 15 is 0 Å². The molecule has 0 N–H and O–H groups in total. The van der Waals surface area contributed by atoms with Crippen LogP contribution in [0.25, 0.3) is 11.5 Å². The van der Waals surface area contributed by atoms with Gasteiger partial charge in [0.1, 0.15) is 0 Å². The van der Waals surface area contributed by atoms with E-state index in [1.165, 1.54) is 20.1 Å². The van der Waals surface area contributed by atoms with Crippen molar-refractivity contribution < 1.29 is 28.1 Å². The Kier molecular flexibility index (Phi) is 5.86. The van der Waals surface area contributed by atoms with Gasteiger partial charge in [-0.15, -0.1) is 0 Å². The average molecular weight is 336 g/mol. The summed E-state index contributed by atoms with van der Waals surface area (Å²) in [5.74, 6) is -0.203. The van der Waals surface area contributed by atoms with E-state index in [0.717, 1.165) is 5.56 Å². The zero-order chi connectivity index (χ0) is 17.7. The number of nitrogens with zero attached hydrogens (tertiary/aromatic N) is 2. The topological polar surface area (TPSA) is 105 Å². The van der Waals surface area contributed by atoms with E-state index in [0.29, 0.717) is 30.2 Å². The van der Waals surface area contributed by atoms with Gasteiger partial charge in [0, 0.05) is 38.2 Å². The maximum atomic E-state index is 11.6. The predicted molar refractivity (Wildman–Crippen MR) is 82.6 cm³/mol. The molecule has 2 rings (SSSR count). The number of Topliss-reactive ketones (excluding diaryl/α,β-unsaturated/α-hetero) is 1. The lowest BCUT2D eigenvalue weighted by atomic mass is 9.94. The second-order valence-electron chi connectivity index (χ2n) is 5.41. The lowest BCUT2D eigenvalue weighted by Crippen LogP contribution is -2.12. The van der Waals surface area contributed by atoms with Crippen molar-refractivity contribution in [3.63, 3.8) is 0 Å². The number of ether oxygens (including phenoxy) is 2. The molecule has 2 aromatic heterocycles. The van der Waals surface area contributed by atoms with E-state index in [1.54, 1.807) is 7.11 Å². The van der Waals surface area contributed by atoms with Gasteiger partial charge in [0.05, 0.1) is 19.2 Å². The minimum Gasteiger partial charge on any atom is -0.469 e. The van der Waals surface area contributed by atoms with Crippen LogP contribution in [0.15, 0.2) is 15.1 Å². The summed E-state index contributed by atoms with van der Waals surface area (Å²) in [7, 11) is 2.93. The van der Waals surface area contributed by atoms with Crippen molar-refractivity contribution in [2.45, 2.75) is 32.6 Å². The second kappa shape index (κ2) is 7.87. The van der Waals surface area contributed by atoms with Crippen LogP contribution < -0.4 is 0 Å². The van der Waals surface area contributed by atoms with Gasteiger partial charge in [0.15, 0.2) is 17.2 Å². The molecule has 0 amide bonds. The largest absolute Gasteiger partial charge is 0.469 e. The Hall–Kier alpha value is -2.48. The summed E-state index contributed by atoms with van der Waals surface area (Å²) in [6.07, 6.45) is 0.764. The molecule has 1 unspecified atom stereocenters. The molecule has 0 saturated heterocycles. The van der Waals surface area contributed by atoms with Gasteiger partial charge < -0.3 is 18.5 Å². The Morgan fingerprint density at radius 2 is 2.00 bits per heavy atom. The van der Waals surface area contributed by atoms with E-state index in [2.05, 4.69) is 10.3 Å². The molecule has 0 spiro atoms. The van der Waals surface area contributed by atoms with Gasteiger partial charge in [-0.1, -0.05) is 10.3 Å². The molecule has 130 valence electrons. The SMILES string of the molecule is COCCC(CC(=O)OC)c1noc(-c2cc(C(C)=O)on2)c1C. The van der Waals surface area contributed by atoms with Crippen molar-refractivity contribution in [2.75, 3.05) is 20.8 Å². The van der Waals surface area contributed by atoms with Crippen molar-refractivity contribution in [1.82, 2.24) is 10.3 Å². The zero-order valence-corrected chi connectivity index (χ0v) is 14.1. The molecule has 0 aliphatic rings. The van der Waals surface area contributed by atoms with Gasteiger partial charge >= 0.3 is 5.97 Å². The standard InChI is InChI=1S/C16H20N2O6/c1-9-15(11(5-6-21-3)7-14(20)22-4)18-24-16(9)12-8-13(10(2)19)23-17-12/h8,11H,5-7H2,1-4H3. The first kappa shape index (κ1) is 17.9. The zero-order valence-electron chi connectivity index (χ0n) is 14.1. The fourth-order valence-electron chi connectivity index (χ4n) is 2.40. The molecule has 0 fully saturated rings. The lowest BCUT2D eigenvalue weighted by molar-refractivity contribution is -0.141. The first-order valence-electron chi connectivity index (χ1n) is 7.47. The highest BCUT2D eigenvalue weighted by Gasteiger charge is 2.26. The summed E-state index contributed by atoms with van der Waals surface area (Å²) in [6, 6.07) is 1.50. The van der Waals surface area contributed by atoms with E-state index in [-0.39, 0.29) is 29.9 Å². The molecule has 0 aliphatic carbocycles. The quantitative estimate of drug-likeness (QED) is 0.535. The molecule has 0 aliphatic heterocycles. The number of ketones is 1. The van der Waals surface area contributed by atoms with Crippen LogP contribution in [0.1, 0.15) is 47.5 Å². The summed E-state index contributed by atoms with van der Waals surface area (Å²) in [6.45, 7) is 3.68. The van der Waals surface area contributed by atoms with E-state index in [4.69, 9.17) is 18.5 Å². The number of hydrogen-bond donors (Lipinski definition) is 0. The third-order valence-corrected chi connectivity index (χ3v) is 3.75. The fourth-order valence-corrected chi connectivity index (χ4v) is 2.40. The van der Waals surface area contributed by atoms with Crippen molar-refractivity contribution in [1.29, 1.82) is 0 Å². The van der Waals surface area contributed by atoms with Gasteiger partial charge in [-0.2, -0.15) is 0 Å². The molecule has 0 bridgehead atoms. The molecule has 0 aromatic carbocycles. The Morgan fingerprint density at radius 3 is 2.58 bits per heavy atom. The molecule has 8 heteroatoms. The van der Waals surface area contributed by atoms with Crippen LogP contribution >= 0.6 is 0 Å². The number of hydrogen-bond acceptors (Lipinski definition) is 8. The summed E-state index contributed by atoms with van der Waals surface area (Å²) in [5, 5.41) is 7.92. The van der Waals surface area contributed by atoms with Gasteiger partial charge in [0.25, 0.3) is 0 Å². The normalized spacial score (nSPS) is 12.2. The van der Waals surface area contributed by atoms with Crippen LogP contribution in [-0.2, 0) is 14.3 Å². The van der Waals surface area contributed by atoms with Crippen molar-refractivity contribution in [3.05, 3.63) is 23.1 Å². The summed E-state index contributed by atoms with van der Waals surface area (Å²) in [4.78, 5) is 23.0. The highest BCUT2D eigenvalue weighted by molar-refractivity contribution is 5.92. The van der Waals surface area contributed by atoms with Gasteiger partial charge in [-0.05, 0) is 13.3 Å². The van der Waals surface area contributed by atoms with E-state index in [9.17, 15) is 9.59 Å². The Bertz CT molecular complexity index is 718. The summed E-state index contributed by atoms with van der Waals surface area (Å²) < 4.78 is 20.2. The number of methoxy groups -OCH3 is 2. The number of rotatable bonds is 8. The highest BCUT2D eigenvalue weighted by Crippen LogP contribution is 2.32. The number of carbonyl (C=O) groups is 2. The van der Waals surface area contributed by atoms with Crippen molar-refractivity contribution in [3.8, 4) is 11.5 Å². The molecular formula is C16H20N2O6. The molecule has 2 aromatic rings. The smallest absolute Gasteiger partial charge is 0.306 e. The van der Waals surface area contributed by atoms with Crippen LogP contribution in [0.2, 0.25) is 0 Å². The predicted octanol–water partition coefficient (Wildman–Crippen LogP) is 2.52. The maximum absolute atomic E-state index is 11.6. The molecule has 0 saturated carbocycles. The van der Waals surface area contributed by atoms with Crippen LogP contribution in [-0.4, -0.2) is 42.9 Å². The van der Waals surface area contributed by atoms with E-state index < -0.39 is 0 Å². The Morgan fingerprint density at radius 1 is 1.25 bits per heavy atom. The van der Waals surface area contributed by atoms with Crippen LogP contribution in [0.3, 0.4) is 0 Å². The van der Waals surface area contributed by atoms with Crippen molar-refractivity contribution in [2.24, 2.45) is 0 Å². The van der Waals surface area contributed by atoms with Crippen LogP contribution in [0.5, 0.6) is 0 Å². The number of carbonyl (C=O) groups excluding carboxylic acids is 2. The van der Waals surface area contributed by atoms with Gasteiger partial charge in [-0.25, -0.2) is 0 Å². The Labute approximate surface area is 139 Å². The monoisotopic (exact) mass is 336 g/mol. The minimum atomic E-state index is -0.333. The molecule has 2 heterocycles. The van der Waals surface area contributed by atoms with Crippen LogP contribution in [0, 0.1) is 6.92 Å². The number of esters is 1. The molecule has 8 nitrogen and oxygen atoms in total. The maximum Gasteiger partial charge on any atom is 0.306 e. The fraction of sp³-hybridized carbons (Fsp3) is 0.500.